The van der Waals surface area contributed by atoms with Crippen LogP contribution in [-0.4, -0.2) is 19.9 Å². The molecule has 2 rings (SSSR count). The van der Waals surface area contributed by atoms with Crippen LogP contribution >= 0.6 is 11.6 Å². The van der Waals surface area contributed by atoms with Gasteiger partial charge < -0.3 is 5.73 Å². The molecular weight excluding hydrogens is 190 g/mol. The van der Waals surface area contributed by atoms with Gasteiger partial charge in [-0.3, -0.25) is 0 Å². The van der Waals surface area contributed by atoms with Crippen molar-refractivity contribution in [2.75, 3.05) is 5.73 Å². The minimum absolute atomic E-state index is 0.284. The summed E-state index contributed by atoms with van der Waals surface area (Å²) in [5.41, 5.74) is 6.52. The van der Waals surface area contributed by atoms with Crippen molar-refractivity contribution in [1.29, 1.82) is 0 Å². The molecule has 0 aliphatic heterocycles. The Hall–Kier alpha value is -1.49. The number of nitrogen functional groups attached to an aromatic ring is 1. The highest BCUT2D eigenvalue weighted by molar-refractivity contribution is 6.29. The van der Waals surface area contributed by atoms with E-state index in [1.165, 1.54) is 6.20 Å². The van der Waals surface area contributed by atoms with E-state index in [0.717, 1.165) is 0 Å². The lowest BCUT2D eigenvalue weighted by molar-refractivity contribution is 1.06. The molecule has 0 unspecified atom stereocenters. The number of aromatic nitrogens is 4. The monoisotopic (exact) mass is 195 g/mol. The molecule has 0 fully saturated rings. The van der Waals surface area contributed by atoms with Crippen molar-refractivity contribution in [1.82, 2.24) is 19.9 Å². The van der Waals surface area contributed by atoms with Crippen molar-refractivity contribution >= 4 is 28.6 Å². The maximum atomic E-state index is 5.65. The Bertz CT molecular complexity index is 470. The molecule has 0 saturated heterocycles. The molecule has 0 saturated carbocycles. The summed E-state index contributed by atoms with van der Waals surface area (Å²) in [6, 6.07) is 0. The Morgan fingerprint density at radius 2 is 2.08 bits per heavy atom. The Balaban J connectivity index is 2.87. The van der Waals surface area contributed by atoms with Gasteiger partial charge in [0, 0.05) is 0 Å². The van der Waals surface area contributed by atoms with E-state index in [0.29, 0.717) is 22.8 Å². The predicted octanol–water partition coefficient (Wildman–Crippen LogP) is 0.964. The standard InChI is InChI=1S/C7H6ClN5/c1-3-11-6(9)5-7(12-3)10-2-4(8)13-5/h2H,1H3,(H2,9,10,11,12). The van der Waals surface area contributed by atoms with Crippen LogP contribution in [0, 0.1) is 6.92 Å². The van der Waals surface area contributed by atoms with Crippen LogP contribution in [0.5, 0.6) is 0 Å². The molecule has 5 nitrogen and oxygen atoms in total. The second-order valence-corrected chi connectivity index (χ2v) is 2.91. The average Bonchev–Trinajstić information content (AvgIpc) is 2.06. The van der Waals surface area contributed by atoms with Crippen LogP contribution in [0.2, 0.25) is 5.15 Å². The fraction of sp³-hybridized carbons (Fsp3) is 0.143. The minimum Gasteiger partial charge on any atom is -0.382 e. The molecule has 2 heterocycles. The number of aryl methyl sites for hydroxylation is 1. The number of nitrogens with two attached hydrogens (primary N) is 1. The molecule has 0 aliphatic rings. The van der Waals surface area contributed by atoms with E-state index in [1.807, 2.05) is 0 Å². The van der Waals surface area contributed by atoms with E-state index >= 15 is 0 Å². The molecular formula is C7H6ClN5. The maximum Gasteiger partial charge on any atom is 0.183 e. The third kappa shape index (κ3) is 1.38. The summed E-state index contributed by atoms with van der Waals surface area (Å²) < 4.78 is 0. The van der Waals surface area contributed by atoms with Crippen LogP contribution in [0.4, 0.5) is 5.82 Å². The van der Waals surface area contributed by atoms with Crippen LogP contribution in [0.15, 0.2) is 6.20 Å². The normalized spacial score (nSPS) is 10.6. The van der Waals surface area contributed by atoms with E-state index in [9.17, 15) is 0 Å². The molecule has 2 N–H and O–H groups in total. The first-order valence-corrected chi connectivity index (χ1v) is 3.97. The lowest BCUT2D eigenvalue weighted by atomic mass is 10.4. The lowest BCUT2D eigenvalue weighted by Crippen LogP contribution is -2.00. The summed E-state index contributed by atoms with van der Waals surface area (Å²) in [5.74, 6) is 0.874. The van der Waals surface area contributed by atoms with Crippen molar-refractivity contribution in [2.24, 2.45) is 0 Å². The van der Waals surface area contributed by atoms with Gasteiger partial charge in [-0.15, -0.1) is 0 Å². The lowest BCUT2D eigenvalue weighted by Gasteiger charge is -2.00. The molecule has 2 aromatic heterocycles. The van der Waals surface area contributed by atoms with Gasteiger partial charge in [0.1, 0.15) is 11.0 Å². The fourth-order valence-electron chi connectivity index (χ4n) is 1.02. The van der Waals surface area contributed by atoms with Gasteiger partial charge >= 0.3 is 0 Å². The highest BCUT2D eigenvalue weighted by Gasteiger charge is 2.05. The number of rotatable bonds is 0. The summed E-state index contributed by atoms with van der Waals surface area (Å²) in [4.78, 5) is 15.9. The quantitative estimate of drug-likeness (QED) is 0.678. The van der Waals surface area contributed by atoms with E-state index in [1.54, 1.807) is 6.92 Å². The first-order valence-electron chi connectivity index (χ1n) is 3.59. The minimum atomic E-state index is 0.284. The van der Waals surface area contributed by atoms with Crippen molar-refractivity contribution in [3.8, 4) is 0 Å². The Kier molecular flexibility index (Phi) is 1.73. The van der Waals surface area contributed by atoms with Crippen LogP contribution in [-0.2, 0) is 0 Å². The molecule has 66 valence electrons. The molecule has 0 bridgehead atoms. The number of hydrogen-bond acceptors (Lipinski definition) is 5. The van der Waals surface area contributed by atoms with Gasteiger partial charge in [0.2, 0.25) is 0 Å². The molecule has 0 radical (unpaired) electrons. The maximum absolute atomic E-state index is 5.65. The van der Waals surface area contributed by atoms with Crippen LogP contribution < -0.4 is 5.73 Å². The highest BCUT2D eigenvalue weighted by atomic mass is 35.5. The van der Waals surface area contributed by atoms with Gasteiger partial charge in [-0.1, -0.05) is 11.6 Å². The van der Waals surface area contributed by atoms with Gasteiger partial charge in [0.25, 0.3) is 0 Å². The average molecular weight is 196 g/mol. The zero-order chi connectivity index (χ0) is 9.42. The number of nitrogens with zero attached hydrogens (tertiary/aromatic N) is 4. The zero-order valence-electron chi connectivity index (χ0n) is 6.82. The second-order valence-electron chi connectivity index (χ2n) is 2.52. The number of fused-ring (bicyclic) bond motifs is 1. The van der Waals surface area contributed by atoms with E-state index < -0.39 is 0 Å². The van der Waals surface area contributed by atoms with Gasteiger partial charge in [0.05, 0.1) is 6.20 Å². The largest absolute Gasteiger partial charge is 0.382 e. The molecule has 0 spiro atoms. The smallest absolute Gasteiger partial charge is 0.183 e. The van der Waals surface area contributed by atoms with Gasteiger partial charge in [0.15, 0.2) is 17.0 Å². The van der Waals surface area contributed by atoms with Crippen molar-refractivity contribution in [3.63, 3.8) is 0 Å². The number of hydrogen-bond donors (Lipinski definition) is 1. The third-order valence-corrected chi connectivity index (χ3v) is 1.70. The van der Waals surface area contributed by atoms with Crippen LogP contribution in [0.1, 0.15) is 5.82 Å². The van der Waals surface area contributed by atoms with Gasteiger partial charge in [-0.25, -0.2) is 19.9 Å². The molecule has 0 aromatic carbocycles. The first-order chi connectivity index (χ1) is 6.16. The molecule has 0 aliphatic carbocycles. The Morgan fingerprint density at radius 1 is 1.31 bits per heavy atom. The Labute approximate surface area is 79.0 Å². The third-order valence-electron chi connectivity index (χ3n) is 1.52. The molecule has 0 atom stereocenters. The van der Waals surface area contributed by atoms with Crippen LogP contribution in [0.25, 0.3) is 11.2 Å². The van der Waals surface area contributed by atoms with E-state index in [2.05, 4.69) is 19.9 Å². The number of anilines is 1. The van der Waals surface area contributed by atoms with Gasteiger partial charge in [-0.2, -0.15) is 0 Å². The summed E-state index contributed by atoms with van der Waals surface area (Å²) in [6.45, 7) is 1.74. The summed E-state index contributed by atoms with van der Waals surface area (Å²) >= 11 is 5.65. The van der Waals surface area contributed by atoms with E-state index in [4.69, 9.17) is 17.3 Å². The molecule has 6 heteroatoms. The van der Waals surface area contributed by atoms with Crippen molar-refractivity contribution in [3.05, 3.63) is 17.2 Å². The summed E-state index contributed by atoms with van der Waals surface area (Å²) in [6.07, 6.45) is 1.43. The SMILES string of the molecule is Cc1nc(N)c2nc(Cl)cnc2n1. The Morgan fingerprint density at radius 3 is 2.85 bits per heavy atom. The highest BCUT2D eigenvalue weighted by Crippen LogP contribution is 2.14. The first kappa shape index (κ1) is 8.12. The second kappa shape index (κ2) is 2.77. The predicted molar refractivity (Wildman–Crippen MR) is 49.3 cm³/mol. The topological polar surface area (TPSA) is 77.6 Å². The van der Waals surface area contributed by atoms with E-state index in [-0.39, 0.29) is 5.15 Å². The van der Waals surface area contributed by atoms with Crippen molar-refractivity contribution < 1.29 is 0 Å². The molecule has 2 aromatic rings. The number of halogens is 1. The van der Waals surface area contributed by atoms with Crippen LogP contribution in [0.3, 0.4) is 0 Å². The molecule has 0 amide bonds. The van der Waals surface area contributed by atoms with Crippen molar-refractivity contribution in [2.45, 2.75) is 6.92 Å². The summed E-state index contributed by atoms with van der Waals surface area (Å²) in [5, 5.41) is 0.284. The van der Waals surface area contributed by atoms with Gasteiger partial charge in [-0.05, 0) is 6.92 Å². The zero-order valence-corrected chi connectivity index (χ0v) is 7.58. The fourth-order valence-corrected chi connectivity index (χ4v) is 1.15. The molecule has 13 heavy (non-hydrogen) atoms. The summed E-state index contributed by atoms with van der Waals surface area (Å²) in [7, 11) is 0.